The topological polar surface area (TPSA) is 9.23 Å². The van der Waals surface area contributed by atoms with E-state index in [4.69, 9.17) is 4.74 Å². The van der Waals surface area contributed by atoms with Gasteiger partial charge in [0.05, 0.1) is 6.10 Å². The first kappa shape index (κ1) is 22.0. The van der Waals surface area contributed by atoms with Crippen molar-refractivity contribution in [3.63, 3.8) is 0 Å². The molecule has 0 aromatic carbocycles. The fourth-order valence-electron chi connectivity index (χ4n) is 3.23. The average molecular weight is 313 g/mol. The second-order valence-corrected chi connectivity index (χ2v) is 7.00. The highest BCUT2D eigenvalue weighted by molar-refractivity contribution is 4.55. The number of methoxy groups -OCH3 is 1. The summed E-state index contributed by atoms with van der Waals surface area (Å²) in [4.78, 5) is 0. The lowest BCUT2D eigenvalue weighted by molar-refractivity contribution is 0.0897. The van der Waals surface area contributed by atoms with Crippen LogP contribution in [0.25, 0.3) is 0 Å². The molecule has 1 nitrogen and oxygen atoms in total. The van der Waals surface area contributed by atoms with E-state index in [1.165, 1.54) is 103 Å². The maximum Gasteiger partial charge on any atom is 0.0568 e. The molecule has 0 amide bonds. The summed E-state index contributed by atoms with van der Waals surface area (Å²) in [5.74, 6) is 0. The summed E-state index contributed by atoms with van der Waals surface area (Å²) in [6.07, 6.45) is 24.6. The molecule has 0 fully saturated rings. The molecule has 0 saturated carbocycles. The molecule has 134 valence electrons. The van der Waals surface area contributed by atoms with Gasteiger partial charge in [0.2, 0.25) is 0 Å². The Morgan fingerprint density at radius 2 is 0.909 bits per heavy atom. The van der Waals surface area contributed by atoms with Gasteiger partial charge in [0.25, 0.3) is 0 Å². The highest BCUT2D eigenvalue weighted by Gasteiger charge is 2.02. The second-order valence-electron chi connectivity index (χ2n) is 7.00. The normalized spacial score (nSPS) is 12.7. The van der Waals surface area contributed by atoms with E-state index in [9.17, 15) is 0 Å². The van der Waals surface area contributed by atoms with Crippen LogP contribution in [0, 0.1) is 0 Å². The predicted octanol–water partition coefficient (Wildman–Crippen LogP) is 7.67. The van der Waals surface area contributed by atoms with Crippen LogP contribution < -0.4 is 0 Å². The van der Waals surface area contributed by atoms with Crippen LogP contribution >= 0.6 is 0 Å². The molecule has 0 aliphatic rings. The Morgan fingerprint density at radius 1 is 0.545 bits per heavy atom. The monoisotopic (exact) mass is 312 g/mol. The van der Waals surface area contributed by atoms with Gasteiger partial charge in [-0.25, -0.2) is 0 Å². The summed E-state index contributed by atoms with van der Waals surface area (Å²) in [7, 11) is 1.85. The maximum atomic E-state index is 5.42. The Balaban J connectivity index is 3.02. The van der Waals surface area contributed by atoms with Gasteiger partial charge >= 0.3 is 0 Å². The summed E-state index contributed by atoms with van der Waals surface area (Å²) >= 11 is 0. The molecule has 1 heteroatoms. The van der Waals surface area contributed by atoms with E-state index in [1.807, 2.05) is 7.11 Å². The Labute approximate surface area is 141 Å². The minimum absolute atomic E-state index is 0.502. The zero-order chi connectivity index (χ0) is 16.3. The van der Waals surface area contributed by atoms with Gasteiger partial charge < -0.3 is 4.74 Å². The molecular weight excluding hydrogens is 268 g/mol. The quantitative estimate of drug-likeness (QED) is 0.236. The van der Waals surface area contributed by atoms with Gasteiger partial charge in [-0.2, -0.15) is 0 Å². The average Bonchev–Trinajstić information content (AvgIpc) is 2.55. The molecule has 22 heavy (non-hydrogen) atoms. The molecule has 0 heterocycles. The molecule has 0 aliphatic carbocycles. The van der Waals surface area contributed by atoms with Crippen LogP contribution in [-0.4, -0.2) is 13.2 Å². The minimum Gasteiger partial charge on any atom is -0.381 e. The van der Waals surface area contributed by atoms with Crippen LogP contribution in [-0.2, 0) is 4.74 Å². The van der Waals surface area contributed by atoms with Crippen LogP contribution in [0.3, 0.4) is 0 Å². The summed E-state index contributed by atoms with van der Waals surface area (Å²) in [5.41, 5.74) is 0. The van der Waals surface area contributed by atoms with Gasteiger partial charge in [-0.15, -0.1) is 0 Å². The number of hydrogen-bond donors (Lipinski definition) is 0. The number of rotatable bonds is 18. The van der Waals surface area contributed by atoms with E-state index in [2.05, 4.69) is 13.8 Å². The molecule has 0 spiro atoms. The first-order chi connectivity index (χ1) is 10.8. The van der Waals surface area contributed by atoms with Gasteiger partial charge in [0, 0.05) is 7.11 Å². The summed E-state index contributed by atoms with van der Waals surface area (Å²) in [6.45, 7) is 4.51. The van der Waals surface area contributed by atoms with Crippen molar-refractivity contribution in [1.82, 2.24) is 0 Å². The van der Waals surface area contributed by atoms with Gasteiger partial charge in [0.15, 0.2) is 0 Å². The number of ether oxygens (including phenoxy) is 1. The van der Waals surface area contributed by atoms with Crippen molar-refractivity contribution >= 4 is 0 Å². The molecule has 0 aromatic heterocycles. The molecule has 0 rings (SSSR count). The Morgan fingerprint density at radius 3 is 1.23 bits per heavy atom. The predicted molar refractivity (Wildman–Crippen MR) is 101 cm³/mol. The number of hydrogen-bond acceptors (Lipinski definition) is 1. The van der Waals surface area contributed by atoms with Crippen LogP contribution in [0.1, 0.15) is 123 Å². The lowest BCUT2D eigenvalue weighted by Crippen LogP contribution is -2.08. The second kappa shape index (κ2) is 19.0. The van der Waals surface area contributed by atoms with Gasteiger partial charge in [-0.3, -0.25) is 0 Å². The minimum atomic E-state index is 0.502. The van der Waals surface area contributed by atoms with Crippen molar-refractivity contribution < 1.29 is 4.74 Å². The molecule has 0 bridgehead atoms. The highest BCUT2D eigenvalue weighted by Crippen LogP contribution is 2.14. The van der Waals surface area contributed by atoms with Gasteiger partial charge in [0.1, 0.15) is 0 Å². The van der Waals surface area contributed by atoms with E-state index in [0.29, 0.717) is 6.10 Å². The lowest BCUT2D eigenvalue weighted by atomic mass is 10.0. The third-order valence-corrected chi connectivity index (χ3v) is 4.92. The SMILES string of the molecule is CCCCCCCCCCCCCCCCCC(CC)OC. The smallest absolute Gasteiger partial charge is 0.0568 e. The number of unbranched alkanes of at least 4 members (excludes halogenated alkanes) is 14. The molecule has 1 atom stereocenters. The van der Waals surface area contributed by atoms with E-state index < -0.39 is 0 Å². The molecule has 0 saturated heterocycles. The standard InChI is InChI=1S/C21H44O/c1-4-6-7-8-9-10-11-12-13-14-15-16-17-18-19-20-21(5-2)22-3/h21H,4-20H2,1-3H3. The Hall–Kier alpha value is -0.0400. The molecule has 0 radical (unpaired) electrons. The molecule has 0 aliphatic heterocycles. The third kappa shape index (κ3) is 16.3. The summed E-state index contributed by atoms with van der Waals surface area (Å²) < 4.78 is 5.42. The molecular formula is C21H44O. The van der Waals surface area contributed by atoms with Crippen molar-refractivity contribution in [3.05, 3.63) is 0 Å². The van der Waals surface area contributed by atoms with Crippen LogP contribution in [0.4, 0.5) is 0 Å². The maximum absolute atomic E-state index is 5.42. The van der Waals surface area contributed by atoms with Crippen LogP contribution in [0.15, 0.2) is 0 Å². The largest absolute Gasteiger partial charge is 0.381 e. The summed E-state index contributed by atoms with van der Waals surface area (Å²) in [6, 6.07) is 0. The molecule has 0 aromatic rings. The van der Waals surface area contributed by atoms with Crippen molar-refractivity contribution in [2.45, 2.75) is 129 Å². The Kier molecular flexibility index (Phi) is 19.0. The van der Waals surface area contributed by atoms with Gasteiger partial charge in [-0.1, -0.05) is 110 Å². The highest BCUT2D eigenvalue weighted by atomic mass is 16.5. The van der Waals surface area contributed by atoms with E-state index in [0.717, 1.165) is 6.42 Å². The Bertz CT molecular complexity index is 186. The molecule has 1 unspecified atom stereocenters. The van der Waals surface area contributed by atoms with Crippen molar-refractivity contribution in [1.29, 1.82) is 0 Å². The zero-order valence-electron chi connectivity index (χ0n) is 16.0. The van der Waals surface area contributed by atoms with Crippen molar-refractivity contribution in [2.75, 3.05) is 7.11 Å². The van der Waals surface area contributed by atoms with E-state index in [-0.39, 0.29) is 0 Å². The van der Waals surface area contributed by atoms with Crippen molar-refractivity contribution in [3.8, 4) is 0 Å². The third-order valence-electron chi connectivity index (χ3n) is 4.92. The zero-order valence-corrected chi connectivity index (χ0v) is 16.0. The lowest BCUT2D eigenvalue weighted by Gasteiger charge is -2.12. The van der Waals surface area contributed by atoms with Crippen LogP contribution in [0.5, 0.6) is 0 Å². The summed E-state index contributed by atoms with van der Waals surface area (Å²) in [5, 5.41) is 0. The van der Waals surface area contributed by atoms with Crippen molar-refractivity contribution in [2.24, 2.45) is 0 Å². The first-order valence-corrected chi connectivity index (χ1v) is 10.4. The fraction of sp³-hybridized carbons (Fsp3) is 1.00. The molecule has 0 N–H and O–H groups in total. The fourth-order valence-corrected chi connectivity index (χ4v) is 3.23. The van der Waals surface area contributed by atoms with E-state index in [1.54, 1.807) is 0 Å². The van der Waals surface area contributed by atoms with Crippen LogP contribution in [0.2, 0.25) is 0 Å². The van der Waals surface area contributed by atoms with Gasteiger partial charge in [-0.05, 0) is 12.8 Å². The first-order valence-electron chi connectivity index (χ1n) is 10.4. The van der Waals surface area contributed by atoms with E-state index >= 15 is 0 Å².